The molecule has 0 fully saturated rings. The Morgan fingerprint density at radius 3 is 2.48 bits per heavy atom. The number of hydrogen-bond acceptors (Lipinski definition) is 4. The number of nitrogens with zero attached hydrogens (tertiary/aromatic N) is 1. The molecule has 1 heterocycles. The van der Waals surface area contributed by atoms with Gasteiger partial charge in [-0.3, -0.25) is 0 Å². The zero-order chi connectivity index (χ0) is 15.3. The van der Waals surface area contributed by atoms with Crippen LogP contribution in [-0.4, -0.2) is 17.3 Å². The standard InChI is InChI=1S/C17H24N2OS/c1-5-18-15(12-21-16-19-10-11-20-16)13-6-8-14(9-7-13)17(2,3)4/h6-11,15,18H,5,12H2,1-4H3. The van der Waals surface area contributed by atoms with Crippen LogP contribution in [0.5, 0.6) is 0 Å². The van der Waals surface area contributed by atoms with E-state index in [4.69, 9.17) is 4.42 Å². The molecule has 0 radical (unpaired) electrons. The van der Waals surface area contributed by atoms with E-state index in [1.54, 1.807) is 24.2 Å². The molecule has 1 unspecified atom stereocenters. The first kappa shape index (κ1) is 16.1. The monoisotopic (exact) mass is 304 g/mol. The molecule has 1 N–H and O–H groups in total. The van der Waals surface area contributed by atoms with Crippen molar-refractivity contribution in [2.75, 3.05) is 12.3 Å². The van der Waals surface area contributed by atoms with Gasteiger partial charge in [-0.25, -0.2) is 4.98 Å². The Balaban J connectivity index is 2.06. The van der Waals surface area contributed by atoms with E-state index in [1.165, 1.54) is 11.1 Å². The summed E-state index contributed by atoms with van der Waals surface area (Å²) in [5, 5.41) is 4.26. The van der Waals surface area contributed by atoms with E-state index in [1.807, 2.05) is 0 Å². The molecule has 0 saturated carbocycles. The smallest absolute Gasteiger partial charge is 0.255 e. The van der Waals surface area contributed by atoms with Crippen LogP contribution < -0.4 is 5.32 Å². The van der Waals surface area contributed by atoms with E-state index in [9.17, 15) is 0 Å². The zero-order valence-corrected chi connectivity index (χ0v) is 14.0. The lowest BCUT2D eigenvalue weighted by molar-refractivity contribution is 0.453. The molecule has 0 amide bonds. The summed E-state index contributed by atoms with van der Waals surface area (Å²) in [6.45, 7) is 9.79. The topological polar surface area (TPSA) is 38.1 Å². The van der Waals surface area contributed by atoms with Crippen molar-refractivity contribution in [2.45, 2.75) is 44.4 Å². The number of oxazole rings is 1. The molecule has 3 nitrogen and oxygen atoms in total. The molecule has 2 rings (SSSR count). The maximum absolute atomic E-state index is 5.29. The second-order valence-corrected chi connectivity index (χ2v) is 7.06. The highest BCUT2D eigenvalue weighted by Gasteiger charge is 2.16. The predicted molar refractivity (Wildman–Crippen MR) is 88.8 cm³/mol. The Morgan fingerprint density at radius 1 is 1.24 bits per heavy atom. The van der Waals surface area contributed by atoms with Gasteiger partial charge in [0.05, 0.1) is 6.20 Å². The number of nitrogens with one attached hydrogen (secondary N) is 1. The van der Waals surface area contributed by atoms with Crippen LogP contribution in [0, 0.1) is 0 Å². The molecule has 114 valence electrons. The second-order valence-electron chi connectivity index (χ2n) is 6.09. The summed E-state index contributed by atoms with van der Waals surface area (Å²) in [4.78, 5) is 4.16. The lowest BCUT2D eigenvalue weighted by Crippen LogP contribution is -2.23. The summed E-state index contributed by atoms with van der Waals surface area (Å²) in [5.74, 6) is 0.906. The molecule has 0 bridgehead atoms. The predicted octanol–water partition coefficient (Wildman–Crippen LogP) is 4.42. The Morgan fingerprint density at radius 2 is 1.95 bits per heavy atom. The van der Waals surface area contributed by atoms with Crippen molar-refractivity contribution in [2.24, 2.45) is 0 Å². The van der Waals surface area contributed by atoms with Gasteiger partial charge in [0.2, 0.25) is 0 Å². The zero-order valence-electron chi connectivity index (χ0n) is 13.2. The summed E-state index contributed by atoms with van der Waals surface area (Å²) >= 11 is 1.64. The third-order valence-electron chi connectivity index (χ3n) is 3.41. The lowest BCUT2D eigenvalue weighted by atomic mass is 9.86. The molecule has 0 aliphatic heterocycles. The van der Waals surface area contributed by atoms with Crippen LogP contribution in [0.1, 0.15) is 44.9 Å². The van der Waals surface area contributed by atoms with Crippen molar-refractivity contribution < 1.29 is 4.42 Å². The van der Waals surface area contributed by atoms with Gasteiger partial charge in [0.1, 0.15) is 6.26 Å². The van der Waals surface area contributed by atoms with Crippen molar-refractivity contribution in [3.8, 4) is 0 Å². The van der Waals surface area contributed by atoms with Gasteiger partial charge in [0.25, 0.3) is 5.22 Å². The molecule has 4 heteroatoms. The van der Waals surface area contributed by atoms with Crippen LogP contribution in [0.4, 0.5) is 0 Å². The van der Waals surface area contributed by atoms with E-state index < -0.39 is 0 Å². The quantitative estimate of drug-likeness (QED) is 0.802. The Labute approximate surface area is 131 Å². The van der Waals surface area contributed by atoms with Crippen molar-refractivity contribution in [1.29, 1.82) is 0 Å². The number of rotatable bonds is 6. The SMILES string of the molecule is CCNC(CSc1ncco1)c1ccc(C(C)(C)C)cc1. The fourth-order valence-electron chi connectivity index (χ4n) is 2.17. The number of benzene rings is 1. The highest BCUT2D eigenvalue weighted by atomic mass is 32.2. The van der Waals surface area contributed by atoms with Crippen molar-refractivity contribution in [1.82, 2.24) is 10.3 Å². The maximum Gasteiger partial charge on any atom is 0.255 e. The van der Waals surface area contributed by atoms with Crippen LogP contribution in [0.2, 0.25) is 0 Å². The van der Waals surface area contributed by atoms with Gasteiger partial charge in [-0.1, -0.05) is 63.7 Å². The molecule has 1 aromatic heterocycles. The van der Waals surface area contributed by atoms with Gasteiger partial charge in [0, 0.05) is 11.8 Å². The summed E-state index contributed by atoms with van der Waals surface area (Å²) in [7, 11) is 0. The first-order chi connectivity index (χ1) is 10.0. The lowest BCUT2D eigenvalue weighted by Gasteiger charge is -2.21. The fraction of sp³-hybridized carbons (Fsp3) is 0.471. The molecule has 0 aliphatic carbocycles. The minimum atomic E-state index is 0.194. The first-order valence-electron chi connectivity index (χ1n) is 7.37. The van der Waals surface area contributed by atoms with Crippen LogP contribution in [-0.2, 0) is 5.41 Å². The molecule has 0 aliphatic rings. The van der Waals surface area contributed by atoms with E-state index in [0.717, 1.165) is 17.5 Å². The third kappa shape index (κ3) is 4.61. The molecule has 0 saturated heterocycles. The summed E-state index contributed by atoms with van der Waals surface area (Å²) in [6.07, 6.45) is 3.30. The molecular weight excluding hydrogens is 280 g/mol. The van der Waals surface area contributed by atoms with E-state index in [-0.39, 0.29) is 5.41 Å². The molecule has 2 aromatic rings. The third-order valence-corrected chi connectivity index (χ3v) is 4.36. The second kappa shape index (κ2) is 7.14. The van der Waals surface area contributed by atoms with Crippen LogP contribution in [0.3, 0.4) is 0 Å². The van der Waals surface area contributed by atoms with Gasteiger partial charge in [0.15, 0.2) is 0 Å². The van der Waals surface area contributed by atoms with Gasteiger partial charge in [-0.2, -0.15) is 0 Å². The minimum absolute atomic E-state index is 0.194. The number of hydrogen-bond donors (Lipinski definition) is 1. The van der Waals surface area contributed by atoms with Crippen LogP contribution in [0.15, 0.2) is 46.4 Å². The van der Waals surface area contributed by atoms with Crippen LogP contribution in [0.25, 0.3) is 0 Å². The van der Waals surface area contributed by atoms with Gasteiger partial charge in [-0.05, 0) is 23.1 Å². The summed E-state index contributed by atoms with van der Waals surface area (Å²) < 4.78 is 5.29. The van der Waals surface area contributed by atoms with Gasteiger partial charge < -0.3 is 9.73 Å². The Hall–Kier alpha value is -1.26. The van der Waals surface area contributed by atoms with E-state index in [2.05, 4.69) is 62.3 Å². The Bertz CT molecular complexity index is 529. The average Bonchev–Trinajstić information content (AvgIpc) is 2.96. The van der Waals surface area contributed by atoms with Gasteiger partial charge in [-0.15, -0.1) is 0 Å². The fourth-order valence-corrected chi connectivity index (χ4v) is 3.05. The largest absolute Gasteiger partial charge is 0.440 e. The molecule has 21 heavy (non-hydrogen) atoms. The average molecular weight is 304 g/mol. The summed E-state index contributed by atoms with van der Waals surface area (Å²) in [6, 6.07) is 9.22. The first-order valence-corrected chi connectivity index (χ1v) is 8.35. The molecule has 0 spiro atoms. The number of thioether (sulfide) groups is 1. The maximum atomic E-state index is 5.29. The molecule has 1 aromatic carbocycles. The summed E-state index contributed by atoms with van der Waals surface area (Å²) in [5.41, 5.74) is 2.87. The molecular formula is C17H24N2OS. The highest BCUT2D eigenvalue weighted by Crippen LogP contribution is 2.27. The van der Waals surface area contributed by atoms with E-state index in [0.29, 0.717) is 6.04 Å². The van der Waals surface area contributed by atoms with Gasteiger partial charge >= 0.3 is 0 Å². The van der Waals surface area contributed by atoms with Crippen molar-refractivity contribution >= 4 is 11.8 Å². The Kier molecular flexibility index (Phi) is 5.48. The number of aromatic nitrogens is 1. The minimum Gasteiger partial charge on any atom is -0.440 e. The van der Waals surface area contributed by atoms with E-state index >= 15 is 0 Å². The van der Waals surface area contributed by atoms with Crippen molar-refractivity contribution in [3.63, 3.8) is 0 Å². The van der Waals surface area contributed by atoms with Crippen LogP contribution >= 0.6 is 11.8 Å². The highest BCUT2D eigenvalue weighted by molar-refractivity contribution is 7.99. The van der Waals surface area contributed by atoms with Crippen molar-refractivity contribution in [3.05, 3.63) is 47.9 Å². The normalized spacial score (nSPS) is 13.3. The molecule has 1 atom stereocenters.